The highest BCUT2D eigenvalue weighted by Crippen LogP contribution is 2.55. The second-order valence-corrected chi connectivity index (χ2v) is 15.7. The smallest absolute Gasteiger partial charge is 0.312 e. The third-order valence-electron chi connectivity index (χ3n) is 11.4. The van der Waals surface area contributed by atoms with Crippen LogP contribution in [0.15, 0.2) is 41.3 Å². The first-order valence-electron chi connectivity index (χ1n) is 20.1. The SMILES string of the molecule is CCCCCCON=Cc1c2c(O)c3c(O)c(C)c4c(c3c1O)C(=O)[C@@](C)(OC=C[C@H](OC)[C@H](C)[C@H](OC(C)=O)[C@H](C)[C@H](O)[C@H](C)[C@H](O)[C@H](C)C=CC=C(C)C(=O)N2)O4. The molecule has 0 spiro atoms. The monoisotopic (exact) mass is 824 g/mol. The lowest BCUT2D eigenvalue weighted by Gasteiger charge is -2.38. The van der Waals surface area contributed by atoms with Crippen molar-refractivity contribution in [2.24, 2.45) is 28.8 Å². The number of nitrogens with zero attached hydrogens (tertiary/aromatic N) is 1. The van der Waals surface area contributed by atoms with Gasteiger partial charge in [0.25, 0.3) is 11.7 Å². The average molecular weight is 825 g/mol. The summed E-state index contributed by atoms with van der Waals surface area (Å²) in [6, 6.07) is 0. The van der Waals surface area contributed by atoms with E-state index < -0.39 is 88.8 Å². The molecule has 5 bridgehead atoms. The molecule has 2 aromatic carbocycles. The largest absolute Gasteiger partial charge is 0.507 e. The molecular weight excluding hydrogens is 764 g/mol. The zero-order chi connectivity index (χ0) is 43.9. The van der Waals surface area contributed by atoms with Gasteiger partial charge in [-0.15, -0.1) is 0 Å². The van der Waals surface area contributed by atoms with Crippen LogP contribution in [0.3, 0.4) is 0 Å². The normalized spacial score (nSPS) is 28.1. The number of allylic oxidation sites excluding steroid dienone is 2. The number of aliphatic hydroxyl groups is 2. The first-order valence-corrected chi connectivity index (χ1v) is 20.1. The van der Waals surface area contributed by atoms with E-state index >= 15 is 0 Å². The molecule has 15 nitrogen and oxygen atoms in total. The Bertz CT molecular complexity index is 2010. The van der Waals surface area contributed by atoms with Gasteiger partial charge in [-0.1, -0.05) is 70.8 Å². The number of anilines is 1. The van der Waals surface area contributed by atoms with Crippen LogP contribution in [-0.4, -0.2) is 93.3 Å². The number of hydrogen-bond acceptors (Lipinski definition) is 14. The van der Waals surface area contributed by atoms with Crippen molar-refractivity contribution in [3.8, 4) is 23.0 Å². The Kier molecular flexibility index (Phi) is 15.6. The van der Waals surface area contributed by atoms with Crippen LogP contribution in [-0.2, 0) is 28.6 Å². The summed E-state index contributed by atoms with van der Waals surface area (Å²) in [5.41, 5.74) is -0.556. The zero-order valence-corrected chi connectivity index (χ0v) is 35.6. The Morgan fingerprint density at radius 3 is 2.29 bits per heavy atom. The number of methoxy groups -OCH3 is 1. The highest BCUT2D eigenvalue weighted by Gasteiger charge is 2.50. The van der Waals surface area contributed by atoms with Crippen molar-refractivity contribution in [1.82, 2.24) is 0 Å². The van der Waals surface area contributed by atoms with E-state index in [2.05, 4.69) is 17.4 Å². The minimum Gasteiger partial charge on any atom is -0.507 e. The third-order valence-corrected chi connectivity index (χ3v) is 11.4. The van der Waals surface area contributed by atoms with Crippen LogP contribution in [0.4, 0.5) is 5.69 Å². The molecule has 0 unspecified atom stereocenters. The first-order chi connectivity index (χ1) is 27.8. The summed E-state index contributed by atoms with van der Waals surface area (Å²) in [5.74, 6) is -8.56. The number of carbonyl (C=O) groups excluding carboxylic acids is 3. The number of hydrogen-bond donors (Lipinski definition) is 6. The van der Waals surface area contributed by atoms with Crippen molar-refractivity contribution in [1.29, 1.82) is 0 Å². The molecule has 2 aromatic rings. The number of phenolic OH excluding ortho intramolecular Hbond substituents is 3. The summed E-state index contributed by atoms with van der Waals surface area (Å²) in [5, 5.41) is 64.1. The van der Waals surface area contributed by atoms with Crippen LogP contribution in [0, 0.1) is 30.6 Å². The van der Waals surface area contributed by atoms with Crippen molar-refractivity contribution < 1.29 is 63.7 Å². The number of oxime groups is 1. The van der Waals surface area contributed by atoms with Gasteiger partial charge in [-0.2, -0.15) is 0 Å². The highest BCUT2D eigenvalue weighted by atomic mass is 16.7. The molecule has 3 aliphatic heterocycles. The molecule has 9 atom stereocenters. The van der Waals surface area contributed by atoms with Gasteiger partial charge in [0, 0.05) is 61.2 Å². The molecule has 6 N–H and O–H groups in total. The number of amides is 1. The fourth-order valence-electron chi connectivity index (χ4n) is 7.61. The van der Waals surface area contributed by atoms with Crippen molar-refractivity contribution >= 4 is 40.3 Å². The Hall–Kier alpha value is -5.12. The summed E-state index contributed by atoms with van der Waals surface area (Å²) in [4.78, 5) is 45.8. The zero-order valence-electron chi connectivity index (χ0n) is 35.6. The molecule has 15 heteroatoms. The van der Waals surface area contributed by atoms with Gasteiger partial charge in [-0.05, 0) is 32.8 Å². The van der Waals surface area contributed by atoms with Gasteiger partial charge in [0.15, 0.2) is 5.75 Å². The van der Waals surface area contributed by atoms with E-state index in [1.165, 1.54) is 53.2 Å². The number of rotatable bonds is 9. The van der Waals surface area contributed by atoms with E-state index in [4.69, 9.17) is 23.8 Å². The molecule has 1 amide bonds. The molecule has 0 aromatic heterocycles. The van der Waals surface area contributed by atoms with Gasteiger partial charge in [-0.3, -0.25) is 14.4 Å². The lowest BCUT2D eigenvalue weighted by Crippen LogP contribution is -2.46. The molecule has 3 heterocycles. The summed E-state index contributed by atoms with van der Waals surface area (Å²) in [7, 11) is 1.43. The molecular formula is C44H60N2O13. The number of nitrogens with one attached hydrogen (secondary N) is 1. The summed E-state index contributed by atoms with van der Waals surface area (Å²) < 4.78 is 23.5. The van der Waals surface area contributed by atoms with Crippen molar-refractivity contribution in [3.05, 3.63) is 52.8 Å². The summed E-state index contributed by atoms with van der Waals surface area (Å²) in [6.45, 7) is 14.8. The number of ether oxygens (including phenoxy) is 4. The summed E-state index contributed by atoms with van der Waals surface area (Å²) >= 11 is 0. The number of fused-ring (bicyclic) bond motifs is 14. The fraction of sp³-hybridized carbons (Fsp3) is 0.545. The number of Topliss-reactive ketones (excluding diaryl/α,β-unsaturated/α-hetero) is 1. The second kappa shape index (κ2) is 19.8. The number of aromatic hydroxyl groups is 3. The van der Waals surface area contributed by atoms with Gasteiger partial charge >= 0.3 is 11.8 Å². The Balaban J connectivity index is 1.93. The fourth-order valence-corrected chi connectivity index (χ4v) is 7.61. The number of carbonyl (C=O) groups is 3. The van der Waals surface area contributed by atoms with E-state index in [0.29, 0.717) is 6.42 Å². The molecule has 5 rings (SSSR count). The number of benzene rings is 2. The number of ketones is 1. The van der Waals surface area contributed by atoms with Gasteiger partial charge in [0.2, 0.25) is 0 Å². The topological polar surface area (TPSA) is 223 Å². The predicted molar refractivity (Wildman–Crippen MR) is 222 cm³/mol. The van der Waals surface area contributed by atoms with Crippen LogP contribution < -0.4 is 10.1 Å². The molecule has 0 saturated heterocycles. The lowest BCUT2D eigenvalue weighted by atomic mass is 9.78. The number of phenols is 3. The van der Waals surface area contributed by atoms with Crippen LogP contribution in [0.1, 0.15) is 103 Å². The predicted octanol–water partition coefficient (Wildman–Crippen LogP) is 6.68. The van der Waals surface area contributed by atoms with Crippen LogP contribution in [0.2, 0.25) is 0 Å². The molecule has 0 saturated carbocycles. The van der Waals surface area contributed by atoms with E-state index in [1.54, 1.807) is 39.8 Å². The second-order valence-electron chi connectivity index (χ2n) is 15.7. The number of aliphatic hydroxyl groups excluding tert-OH is 2. The molecule has 3 aliphatic rings. The van der Waals surface area contributed by atoms with Crippen LogP contribution in [0.5, 0.6) is 23.0 Å². The van der Waals surface area contributed by atoms with E-state index in [1.807, 2.05) is 0 Å². The first kappa shape index (κ1) is 46.6. The maximum Gasteiger partial charge on any atom is 0.312 e. The van der Waals surface area contributed by atoms with Gasteiger partial charge < -0.3 is 54.6 Å². The standard InChI is InChI=1S/C44H60N2O13/c1-11-12-13-14-19-57-45-21-29-34-39(52)32-31(38(29)51)33-41(27(7)37(32)50)59-44(9,42(33)53)56-20-18-30(55-10)24(4)40(58-28(8)47)26(6)36(49)25(5)35(48)22(2)16-15-17-23(3)43(54)46-34/h15-18,20-22,24-26,30,35-36,40,48-52H,11-14,19H2,1-10H3,(H,46,54)/t22-,24+,25-,26-,30+,35-,36-,40+,44+/m1/s1. The maximum atomic E-state index is 14.4. The average Bonchev–Trinajstić information content (AvgIpc) is 3.46. The Morgan fingerprint density at radius 1 is 0.949 bits per heavy atom. The third kappa shape index (κ3) is 9.85. The van der Waals surface area contributed by atoms with Crippen molar-refractivity contribution in [3.63, 3.8) is 0 Å². The quantitative estimate of drug-likeness (QED) is 0.0388. The van der Waals surface area contributed by atoms with Crippen LogP contribution >= 0.6 is 0 Å². The van der Waals surface area contributed by atoms with Crippen LogP contribution in [0.25, 0.3) is 10.8 Å². The highest BCUT2D eigenvalue weighted by molar-refractivity contribution is 6.23. The Morgan fingerprint density at radius 2 is 1.64 bits per heavy atom. The Labute approximate surface area is 345 Å². The number of esters is 1. The molecule has 324 valence electrons. The maximum absolute atomic E-state index is 14.4. The number of unbranched alkanes of at least 4 members (excludes halogenated alkanes) is 3. The molecule has 0 fully saturated rings. The van der Waals surface area contributed by atoms with Gasteiger partial charge in [0.05, 0.1) is 53.0 Å². The molecule has 0 aliphatic carbocycles. The van der Waals surface area contributed by atoms with Crippen molar-refractivity contribution in [2.45, 2.75) is 118 Å². The summed E-state index contributed by atoms with van der Waals surface area (Å²) in [6.07, 6.45) is 8.25. The minimum absolute atomic E-state index is 0.0402. The van der Waals surface area contributed by atoms with Gasteiger partial charge in [0.1, 0.15) is 30.0 Å². The minimum atomic E-state index is -2.05. The molecule has 59 heavy (non-hydrogen) atoms. The van der Waals surface area contributed by atoms with E-state index in [-0.39, 0.29) is 51.1 Å². The lowest BCUT2D eigenvalue weighted by molar-refractivity contribution is -0.160. The van der Waals surface area contributed by atoms with E-state index in [9.17, 15) is 39.9 Å². The molecule has 0 radical (unpaired) electrons. The van der Waals surface area contributed by atoms with Crippen molar-refractivity contribution in [2.75, 3.05) is 19.0 Å². The van der Waals surface area contributed by atoms with E-state index in [0.717, 1.165) is 25.5 Å². The van der Waals surface area contributed by atoms with Gasteiger partial charge in [-0.25, -0.2) is 0 Å².